The molecular formula is C25H29FN2O3S. The zero-order chi connectivity index (χ0) is 22.9. The predicted molar refractivity (Wildman–Crippen MR) is 126 cm³/mol. The van der Waals surface area contributed by atoms with Gasteiger partial charge in [0, 0.05) is 5.75 Å². The molecule has 0 bridgehead atoms. The molecule has 0 fully saturated rings. The summed E-state index contributed by atoms with van der Waals surface area (Å²) in [5.41, 5.74) is 2.07. The van der Waals surface area contributed by atoms with Crippen LogP contribution in [0.25, 0.3) is 11.5 Å². The number of benzene rings is 2. The Balaban J connectivity index is 1.46. The van der Waals surface area contributed by atoms with Crippen LogP contribution in [0.3, 0.4) is 0 Å². The maximum atomic E-state index is 14.0. The van der Waals surface area contributed by atoms with Crippen LogP contribution in [0.2, 0.25) is 0 Å². The number of thioether (sulfide) groups is 1. The number of unbranched alkanes of at least 4 members (excludes halogenated alkanes) is 1. The molecule has 0 saturated heterocycles. The number of rotatable bonds is 11. The molecule has 0 unspecified atom stereocenters. The first kappa shape index (κ1) is 23.9. The van der Waals surface area contributed by atoms with E-state index in [-0.39, 0.29) is 23.7 Å². The lowest BCUT2D eigenvalue weighted by Gasteiger charge is -2.15. The minimum Gasteiger partial charge on any atom is -0.494 e. The molecule has 170 valence electrons. The highest BCUT2D eigenvalue weighted by Gasteiger charge is 2.15. The van der Waals surface area contributed by atoms with E-state index in [4.69, 9.17) is 9.15 Å². The predicted octanol–water partition coefficient (Wildman–Crippen LogP) is 6.08. The lowest BCUT2D eigenvalue weighted by Crippen LogP contribution is -2.28. The first-order valence-electron chi connectivity index (χ1n) is 10.8. The highest BCUT2D eigenvalue weighted by Crippen LogP contribution is 2.26. The van der Waals surface area contributed by atoms with Crippen LogP contribution in [0.5, 0.6) is 5.75 Å². The van der Waals surface area contributed by atoms with Gasteiger partial charge in [0.15, 0.2) is 0 Å². The van der Waals surface area contributed by atoms with Crippen LogP contribution in [0.1, 0.15) is 49.7 Å². The van der Waals surface area contributed by atoms with E-state index in [2.05, 4.69) is 17.2 Å². The van der Waals surface area contributed by atoms with Gasteiger partial charge in [0.2, 0.25) is 11.8 Å². The van der Waals surface area contributed by atoms with E-state index in [1.165, 1.54) is 17.8 Å². The third kappa shape index (κ3) is 6.60. The van der Waals surface area contributed by atoms with E-state index < -0.39 is 0 Å². The second-order valence-corrected chi connectivity index (χ2v) is 8.54. The van der Waals surface area contributed by atoms with E-state index in [1.54, 1.807) is 25.1 Å². The molecule has 0 spiro atoms. The number of carbonyl (C=O) groups is 1. The topological polar surface area (TPSA) is 64.4 Å². The third-order valence-corrected chi connectivity index (χ3v) is 5.94. The standard InChI is InChI=1S/C25H29FN2O3S/c1-4-5-14-30-20-12-10-19(11-13-20)17(2)27-24(29)16-32-15-23-18(3)31-25(28-23)21-8-6-7-9-22(21)26/h6-13,17H,4-5,14-16H2,1-3H3,(H,27,29)/t17-/m1/s1. The van der Waals surface area contributed by atoms with Crippen molar-refractivity contribution in [2.45, 2.75) is 45.4 Å². The highest BCUT2D eigenvalue weighted by atomic mass is 32.2. The molecule has 1 amide bonds. The van der Waals surface area contributed by atoms with Crippen LogP contribution >= 0.6 is 11.8 Å². The normalized spacial score (nSPS) is 11.9. The van der Waals surface area contributed by atoms with Crippen molar-refractivity contribution in [1.29, 1.82) is 0 Å². The van der Waals surface area contributed by atoms with Crippen LogP contribution in [0.15, 0.2) is 52.9 Å². The van der Waals surface area contributed by atoms with E-state index in [1.807, 2.05) is 31.2 Å². The van der Waals surface area contributed by atoms with Crippen molar-refractivity contribution < 1.29 is 18.3 Å². The number of oxazole rings is 1. The Hall–Kier alpha value is -2.80. The summed E-state index contributed by atoms with van der Waals surface area (Å²) < 4.78 is 25.3. The Labute approximate surface area is 192 Å². The summed E-state index contributed by atoms with van der Waals surface area (Å²) in [5, 5.41) is 3.01. The first-order valence-corrected chi connectivity index (χ1v) is 11.9. The van der Waals surface area contributed by atoms with E-state index in [9.17, 15) is 9.18 Å². The summed E-state index contributed by atoms with van der Waals surface area (Å²) in [6.07, 6.45) is 2.13. The molecule has 3 rings (SSSR count). The van der Waals surface area contributed by atoms with Crippen molar-refractivity contribution in [2.75, 3.05) is 12.4 Å². The van der Waals surface area contributed by atoms with Crippen molar-refractivity contribution in [3.8, 4) is 17.2 Å². The van der Waals surface area contributed by atoms with E-state index in [0.29, 0.717) is 35.1 Å². The minimum atomic E-state index is -0.373. The Morgan fingerprint density at radius 1 is 1.22 bits per heavy atom. The molecule has 1 atom stereocenters. The van der Waals surface area contributed by atoms with Crippen LogP contribution in [-0.4, -0.2) is 23.3 Å². The number of amides is 1. The lowest BCUT2D eigenvalue weighted by atomic mass is 10.1. The number of hydrogen-bond donors (Lipinski definition) is 1. The maximum Gasteiger partial charge on any atom is 0.230 e. The van der Waals surface area contributed by atoms with Gasteiger partial charge in [0.1, 0.15) is 17.3 Å². The molecular weight excluding hydrogens is 427 g/mol. The van der Waals surface area contributed by atoms with Crippen molar-refractivity contribution in [3.63, 3.8) is 0 Å². The van der Waals surface area contributed by atoms with Crippen molar-refractivity contribution in [2.24, 2.45) is 0 Å². The molecule has 0 radical (unpaired) electrons. The Morgan fingerprint density at radius 2 is 1.97 bits per heavy atom. The largest absolute Gasteiger partial charge is 0.494 e. The van der Waals surface area contributed by atoms with Gasteiger partial charge in [0.05, 0.1) is 29.7 Å². The number of halogens is 1. The molecule has 0 aliphatic heterocycles. The molecule has 0 aliphatic rings. The second-order valence-electron chi connectivity index (χ2n) is 7.55. The molecule has 2 aromatic carbocycles. The van der Waals surface area contributed by atoms with Gasteiger partial charge < -0.3 is 14.5 Å². The number of nitrogens with zero attached hydrogens (tertiary/aromatic N) is 1. The molecule has 3 aromatic rings. The molecule has 0 aliphatic carbocycles. The monoisotopic (exact) mass is 456 g/mol. The lowest BCUT2D eigenvalue weighted by molar-refractivity contribution is -0.119. The van der Waals surface area contributed by atoms with Gasteiger partial charge in [-0.1, -0.05) is 37.6 Å². The summed E-state index contributed by atoms with van der Waals surface area (Å²) in [6.45, 7) is 6.60. The summed E-state index contributed by atoms with van der Waals surface area (Å²) in [5.74, 6) is 2.11. The Bertz CT molecular complexity index is 1020. The highest BCUT2D eigenvalue weighted by molar-refractivity contribution is 7.99. The van der Waals surface area contributed by atoms with E-state index >= 15 is 0 Å². The number of aromatic nitrogens is 1. The summed E-state index contributed by atoms with van der Waals surface area (Å²) >= 11 is 1.44. The Kier molecular flexibility index (Phi) is 8.73. The average molecular weight is 457 g/mol. The van der Waals surface area contributed by atoms with Crippen LogP contribution in [0.4, 0.5) is 4.39 Å². The third-order valence-electron chi connectivity index (χ3n) is 4.99. The van der Waals surface area contributed by atoms with Crippen molar-refractivity contribution >= 4 is 17.7 Å². The average Bonchev–Trinajstić information content (AvgIpc) is 3.15. The summed E-state index contributed by atoms with van der Waals surface area (Å²) in [7, 11) is 0. The molecule has 32 heavy (non-hydrogen) atoms. The maximum absolute atomic E-state index is 14.0. The van der Waals surface area contributed by atoms with Gasteiger partial charge in [-0.15, -0.1) is 11.8 Å². The fourth-order valence-electron chi connectivity index (χ4n) is 3.11. The fraction of sp³-hybridized carbons (Fsp3) is 0.360. The summed E-state index contributed by atoms with van der Waals surface area (Å²) in [6, 6.07) is 14.1. The number of ether oxygens (including phenoxy) is 1. The molecule has 0 saturated carbocycles. The van der Waals surface area contributed by atoms with Crippen molar-refractivity contribution in [3.05, 3.63) is 71.4 Å². The smallest absolute Gasteiger partial charge is 0.230 e. The molecule has 1 heterocycles. The molecule has 7 heteroatoms. The Morgan fingerprint density at radius 3 is 2.69 bits per heavy atom. The van der Waals surface area contributed by atoms with Crippen molar-refractivity contribution in [1.82, 2.24) is 10.3 Å². The van der Waals surface area contributed by atoms with Gasteiger partial charge in [0.25, 0.3) is 0 Å². The van der Waals surface area contributed by atoms with Gasteiger partial charge >= 0.3 is 0 Å². The quantitative estimate of drug-likeness (QED) is 0.354. The molecule has 1 aromatic heterocycles. The minimum absolute atomic E-state index is 0.0544. The molecule has 5 nitrogen and oxygen atoms in total. The van der Waals surface area contributed by atoms with Gasteiger partial charge in [-0.05, 0) is 50.1 Å². The number of aryl methyl sites for hydroxylation is 1. The fourth-order valence-corrected chi connectivity index (χ4v) is 3.94. The molecule has 1 N–H and O–H groups in total. The van der Waals surface area contributed by atoms with Crippen LogP contribution < -0.4 is 10.1 Å². The number of carbonyl (C=O) groups excluding carboxylic acids is 1. The number of nitrogens with one attached hydrogen (secondary N) is 1. The zero-order valence-corrected chi connectivity index (χ0v) is 19.5. The summed E-state index contributed by atoms with van der Waals surface area (Å²) in [4.78, 5) is 16.8. The second kappa shape index (κ2) is 11.7. The zero-order valence-electron chi connectivity index (χ0n) is 18.7. The van der Waals surface area contributed by atoms with Gasteiger partial charge in [-0.25, -0.2) is 9.37 Å². The number of hydrogen-bond acceptors (Lipinski definition) is 5. The van der Waals surface area contributed by atoms with Crippen LogP contribution in [0, 0.1) is 12.7 Å². The van der Waals surface area contributed by atoms with Gasteiger partial charge in [-0.2, -0.15) is 0 Å². The SMILES string of the molecule is CCCCOc1ccc([C@@H](C)NC(=O)CSCc2nc(-c3ccccc3F)oc2C)cc1. The van der Waals surface area contributed by atoms with Gasteiger partial charge in [-0.3, -0.25) is 4.79 Å². The first-order chi connectivity index (χ1) is 15.5. The van der Waals surface area contributed by atoms with Crippen LogP contribution in [-0.2, 0) is 10.5 Å². The van der Waals surface area contributed by atoms with E-state index in [0.717, 1.165) is 24.2 Å².